The van der Waals surface area contributed by atoms with Crippen molar-refractivity contribution in [1.82, 2.24) is 4.57 Å². The molecule has 3 heteroatoms. The number of allylic oxidation sites excluding steroid dienone is 1. The van der Waals surface area contributed by atoms with Crippen LogP contribution in [0.15, 0.2) is 85.6 Å². The minimum atomic E-state index is -0.813. The molecule has 3 aromatic carbocycles. The van der Waals surface area contributed by atoms with Gasteiger partial charge in [0.15, 0.2) is 11.6 Å². The fourth-order valence-corrected chi connectivity index (χ4v) is 3.56. The summed E-state index contributed by atoms with van der Waals surface area (Å²) < 4.78 is 28.8. The molecule has 1 nitrogen and oxygen atoms in total. The molecule has 0 amide bonds. The highest BCUT2D eigenvalue weighted by molar-refractivity contribution is 5.92. The van der Waals surface area contributed by atoms with Crippen LogP contribution in [0, 0.1) is 11.6 Å². The van der Waals surface area contributed by atoms with Crippen molar-refractivity contribution >= 4 is 16.5 Å². The number of aromatic nitrogens is 1. The number of hydrogen-bond acceptors (Lipinski definition) is 0. The van der Waals surface area contributed by atoms with E-state index in [1.54, 1.807) is 6.07 Å². The normalized spacial score (nSPS) is 11.1. The van der Waals surface area contributed by atoms with Crippen molar-refractivity contribution in [2.45, 2.75) is 19.4 Å². The number of aryl methyl sites for hydroxylation is 1. The molecule has 140 valence electrons. The molecule has 0 radical (unpaired) electrons. The number of halogens is 2. The van der Waals surface area contributed by atoms with Crippen LogP contribution in [0.5, 0.6) is 0 Å². The third-order valence-electron chi connectivity index (χ3n) is 5.06. The zero-order valence-electron chi connectivity index (χ0n) is 15.5. The number of nitrogens with zero attached hydrogens (tertiary/aromatic N) is 1. The van der Waals surface area contributed by atoms with E-state index in [4.69, 9.17) is 0 Å². The summed E-state index contributed by atoms with van der Waals surface area (Å²) in [5.41, 5.74) is 5.27. The molecule has 4 rings (SSSR count). The van der Waals surface area contributed by atoms with E-state index >= 15 is 0 Å². The standard InChI is InChI=1S/C25H21F2N/c1-18(11-12-19-13-14-23(26)24(27)15-19)22-17-28(16-20-7-3-2-4-8-20)25-10-6-5-9-21(22)25/h2-10,13-15,17H,1,11-12,16H2. The van der Waals surface area contributed by atoms with Crippen molar-refractivity contribution in [2.24, 2.45) is 0 Å². The lowest BCUT2D eigenvalue weighted by Gasteiger charge is -2.06. The van der Waals surface area contributed by atoms with Crippen LogP contribution >= 0.6 is 0 Å². The van der Waals surface area contributed by atoms with Gasteiger partial charge >= 0.3 is 0 Å². The fraction of sp³-hybridized carbons (Fsp3) is 0.120. The molecule has 0 N–H and O–H groups in total. The van der Waals surface area contributed by atoms with Crippen LogP contribution in [-0.2, 0) is 13.0 Å². The highest BCUT2D eigenvalue weighted by Gasteiger charge is 2.12. The van der Waals surface area contributed by atoms with E-state index in [9.17, 15) is 8.78 Å². The van der Waals surface area contributed by atoms with E-state index in [0.717, 1.165) is 34.1 Å². The summed E-state index contributed by atoms with van der Waals surface area (Å²) in [7, 11) is 0. The summed E-state index contributed by atoms with van der Waals surface area (Å²) in [6.45, 7) is 5.06. The minimum Gasteiger partial charge on any atom is -0.342 e. The van der Waals surface area contributed by atoms with Gasteiger partial charge in [-0.3, -0.25) is 0 Å². The molecule has 0 unspecified atom stereocenters. The van der Waals surface area contributed by atoms with Crippen LogP contribution in [0.2, 0.25) is 0 Å². The summed E-state index contributed by atoms with van der Waals surface area (Å²) in [6, 6.07) is 22.7. The van der Waals surface area contributed by atoms with Crippen molar-refractivity contribution in [3.05, 3.63) is 114 Å². The lowest BCUT2D eigenvalue weighted by molar-refractivity contribution is 0.507. The molecular formula is C25H21F2N. The zero-order chi connectivity index (χ0) is 19.5. The highest BCUT2D eigenvalue weighted by Crippen LogP contribution is 2.29. The Balaban J connectivity index is 1.59. The summed E-state index contributed by atoms with van der Waals surface area (Å²) in [5, 5.41) is 1.16. The summed E-state index contributed by atoms with van der Waals surface area (Å²) >= 11 is 0. The van der Waals surface area contributed by atoms with Gasteiger partial charge in [-0.15, -0.1) is 0 Å². The average Bonchev–Trinajstić information content (AvgIpc) is 3.08. The van der Waals surface area contributed by atoms with Gasteiger partial charge < -0.3 is 4.57 Å². The Morgan fingerprint density at radius 2 is 1.57 bits per heavy atom. The lowest BCUT2D eigenvalue weighted by atomic mass is 9.99. The van der Waals surface area contributed by atoms with Crippen molar-refractivity contribution in [3.63, 3.8) is 0 Å². The molecule has 0 aliphatic carbocycles. The van der Waals surface area contributed by atoms with Crippen LogP contribution in [0.4, 0.5) is 8.78 Å². The molecule has 28 heavy (non-hydrogen) atoms. The number of rotatable bonds is 6. The first-order valence-corrected chi connectivity index (χ1v) is 9.35. The second kappa shape index (κ2) is 7.81. The van der Waals surface area contributed by atoms with Gasteiger partial charge in [0, 0.05) is 29.2 Å². The van der Waals surface area contributed by atoms with Gasteiger partial charge in [-0.25, -0.2) is 8.78 Å². The molecule has 1 heterocycles. The SMILES string of the molecule is C=C(CCc1ccc(F)c(F)c1)c1cn(Cc2ccccc2)c2ccccc12. The predicted octanol–water partition coefficient (Wildman–Crippen LogP) is 6.61. The van der Waals surface area contributed by atoms with Gasteiger partial charge in [0.05, 0.1) is 0 Å². The molecule has 0 spiro atoms. The van der Waals surface area contributed by atoms with Crippen LogP contribution < -0.4 is 0 Å². The maximum absolute atomic E-state index is 13.4. The summed E-state index contributed by atoms with van der Waals surface area (Å²) in [5.74, 6) is -1.62. The Hall–Kier alpha value is -3.20. The topological polar surface area (TPSA) is 4.93 Å². The molecule has 0 saturated heterocycles. The van der Waals surface area contributed by atoms with E-state index in [1.165, 1.54) is 17.7 Å². The second-order valence-electron chi connectivity index (χ2n) is 7.03. The third kappa shape index (κ3) is 3.74. The van der Waals surface area contributed by atoms with Crippen LogP contribution in [0.25, 0.3) is 16.5 Å². The Bertz CT molecular complexity index is 1130. The Kier molecular flexibility index (Phi) is 5.07. The van der Waals surface area contributed by atoms with Crippen LogP contribution in [-0.4, -0.2) is 4.57 Å². The molecule has 0 aliphatic heterocycles. The second-order valence-corrected chi connectivity index (χ2v) is 7.03. The fourth-order valence-electron chi connectivity index (χ4n) is 3.56. The summed E-state index contributed by atoms with van der Waals surface area (Å²) in [6.07, 6.45) is 3.45. The number of benzene rings is 3. The average molecular weight is 373 g/mol. The lowest BCUT2D eigenvalue weighted by Crippen LogP contribution is -1.97. The van der Waals surface area contributed by atoms with Crippen LogP contribution in [0.3, 0.4) is 0 Å². The summed E-state index contributed by atoms with van der Waals surface area (Å²) in [4.78, 5) is 0. The first kappa shape index (κ1) is 18.2. The van der Waals surface area contributed by atoms with E-state index < -0.39 is 11.6 Å². The van der Waals surface area contributed by atoms with E-state index in [1.807, 2.05) is 30.3 Å². The highest BCUT2D eigenvalue weighted by atomic mass is 19.2. The minimum absolute atomic E-state index is 0.619. The van der Waals surface area contributed by atoms with Crippen molar-refractivity contribution in [1.29, 1.82) is 0 Å². The maximum Gasteiger partial charge on any atom is 0.159 e. The van der Waals surface area contributed by atoms with Gasteiger partial charge in [-0.05, 0) is 47.7 Å². The van der Waals surface area contributed by atoms with Crippen molar-refractivity contribution in [2.75, 3.05) is 0 Å². The molecule has 0 atom stereocenters. The largest absolute Gasteiger partial charge is 0.342 e. The van der Waals surface area contributed by atoms with Crippen molar-refractivity contribution in [3.8, 4) is 0 Å². The van der Waals surface area contributed by atoms with E-state index in [0.29, 0.717) is 12.8 Å². The molecule has 0 aliphatic rings. The Morgan fingerprint density at radius 1 is 0.821 bits per heavy atom. The predicted molar refractivity (Wildman–Crippen MR) is 111 cm³/mol. The third-order valence-corrected chi connectivity index (χ3v) is 5.06. The van der Waals surface area contributed by atoms with Gasteiger partial charge in [0.25, 0.3) is 0 Å². The molecule has 4 aromatic rings. The van der Waals surface area contributed by atoms with Crippen molar-refractivity contribution < 1.29 is 8.78 Å². The molecule has 0 fully saturated rings. The molecule has 1 aromatic heterocycles. The molecular weight excluding hydrogens is 352 g/mol. The first-order valence-electron chi connectivity index (χ1n) is 9.35. The van der Waals surface area contributed by atoms with Gasteiger partial charge in [0.2, 0.25) is 0 Å². The first-order chi connectivity index (χ1) is 13.6. The Labute approximate surface area is 163 Å². The molecule has 0 saturated carbocycles. The zero-order valence-corrected chi connectivity index (χ0v) is 15.5. The number of para-hydroxylation sites is 1. The van der Waals surface area contributed by atoms with Gasteiger partial charge in [-0.2, -0.15) is 0 Å². The number of hydrogen-bond donors (Lipinski definition) is 0. The Morgan fingerprint density at radius 3 is 2.36 bits per heavy atom. The van der Waals surface area contributed by atoms with E-state index in [-0.39, 0.29) is 0 Å². The number of fused-ring (bicyclic) bond motifs is 1. The smallest absolute Gasteiger partial charge is 0.159 e. The molecule has 0 bridgehead atoms. The van der Waals surface area contributed by atoms with Gasteiger partial charge in [0.1, 0.15) is 0 Å². The quantitative estimate of drug-likeness (QED) is 0.358. The van der Waals surface area contributed by atoms with Crippen LogP contribution in [0.1, 0.15) is 23.1 Å². The van der Waals surface area contributed by atoms with Gasteiger partial charge in [-0.1, -0.05) is 61.2 Å². The maximum atomic E-state index is 13.4. The van der Waals surface area contributed by atoms with E-state index in [2.05, 4.69) is 41.6 Å². The monoisotopic (exact) mass is 373 g/mol.